The largest absolute Gasteiger partial charge is 0.304 e. The van der Waals surface area contributed by atoms with Crippen molar-refractivity contribution in [2.75, 3.05) is 13.1 Å². The average molecular weight is 218 g/mol. The third-order valence-electron chi connectivity index (χ3n) is 2.11. The summed E-state index contributed by atoms with van der Waals surface area (Å²) in [5, 5.41) is 3.07. The predicted octanol–water partition coefficient (Wildman–Crippen LogP) is 1.70. The van der Waals surface area contributed by atoms with Crippen LogP contribution in [-0.4, -0.2) is 25.1 Å². The van der Waals surface area contributed by atoms with Crippen LogP contribution in [0.5, 0.6) is 0 Å². The lowest BCUT2D eigenvalue weighted by molar-refractivity contribution is -0.116. The summed E-state index contributed by atoms with van der Waals surface area (Å²) in [4.78, 5) is 15.1. The first kappa shape index (κ1) is 12.7. The fraction of sp³-hybridized carbons (Fsp3) is 0.538. The number of hydrogen-bond acceptors (Lipinski definition) is 3. The van der Waals surface area contributed by atoms with E-state index in [-0.39, 0.29) is 5.78 Å². The van der Waals surface area contributed by atoms with E-state index in [0.29, 0.717) is 13.1 Å². The Morgan fingerprint density at radius 2 is 2.19 bits per heavy atom. The topological polar surface area (TPSA) is 41.5 Å². The van der Waals surface area contributed by atoms with Crippen molar-refractivity contribution in [3.05, 3.63) is 11.8 Å². The molecule has 86 valence electrons. The smallest absolute Gasteiger partial charge is 0.143 e. The Kier molecular flexibility index (Phi) is 6.20. The maximum Gasteiger partial charge on any atom is 0.143 e. The summed E-state index contributed by atoms with van der Waals surface area (Å²) in [6.45, 7) is 2.64. The lowest BCUT2D eigenvalue weighted by atomic mass is 10.2. The first-order valence-corrected chi connectivity index (χ1v) is 5.66. The molecule has 0 aliphatic carbocycles. The van der Waals surface area contributed by atoms with Gasteiger partial charge in [0.2, 0.25) is 0 Å². The predicted molar refractivity (Wildman–Crippen MR) is 66.4 cm³/mol. The van der Waals surface area contributed by atoms with Crippen LogP contribution in [-0.2, 0) is 4.79 Å². The van der Waals surface area contributed by atoms with Gasteiger partial charge in [0.15, 0.2) is 0 Å². The Bertz CT molecular complexity index is 345. The fourth-order valence-electron chi connectivity index (χ4n) is 1.34. The average Bonchev–Trinajstić information content (AvgIpc) is 2.26. The lowest BCUT2D eigenvalue weighted by Crippen LogP contribution is -2.22. The van der Waals surface area contributed by atoms with Gasteiger partial charge >= 0.3 is 0 Å². The number of carbonyl (C=O) groups excluding carboxylic acids is 1. The highest BCUT2D eigenvalue weighted by Gasteiger charge is 1.96. The van der Waals surface area contributed by atoms with Crippen molar-refractivity contribution in [2.45, 2.75) is 32.6 Å². The van der Waals surface area contributed by atoms with Gasteiger partial charge in [-0.2, -0.15) is 0 Å². The first-order valence-electron chi connectivity index (χ1n) is 5.66. The number of nitrogens with one attached hydrogen (secondary N) is 1. The van der Waals surface area contributed by atoms with E-state index < -0.39 is 0 Å². The molecule has 0 aromatic rings. The lowest BCUT2D eigenvalue weighted by Gasteiger charge is -2.03. The highest BCUT2D eigenvalue weighted by atomic mass is 16.1. The number of hydrogen-bond donors (Lipinski definition) is 1. The molecule has 16 heavy (non-hydrogen) atoms. The fourth-order valence-corrected chi connectivity index (χ4v) is 1.34. The van der Waals surface area contributed by atoms with Gasteiger partial charge in [-0.3, -0.25) is 9.79 Å². The molecule has 0 atom stereocenters. The molecule has 0 aromatic heterocycles. The summed E-state index contributed by atoms with van der Waals surface area (Å²) in [5.41, 5.74) is 1.00. The second-order valence-electron chi connectivity index (χ2n) is 3.74. The molecule has 0 aromatic carbocycles. The van der Waals surface area contributed by atoms with Crippen LogP contribution in [0.15, 0.2) is 16.8 Å². The monoisotopic (exact) mass is 218 g/mol. The second-order valence-corrected chi connectivity index (χ2v) is 3.74. The van der Waals surface area contributed by atoms with E-state index in [1.807, 2.05) is 6.21 Å². The molecule has 1 N–H and O–H groups in total. The summed E-state index contributed by atoms with van der Waals surface area (Å²) in [7, 11) is 0. The van der Waals surface area contributed by atoms with Gasteiger partial charge in [0.25, 0.3) is 0 Å². The number of aliphatic imine (C=N–C) groups is 1. The molecule has 0 radical (unpaired) electrons. The summed E-state index contributed by atoms with van der Waals surface area (Å²) < 4.78 is 0. The Labute approximate surface area is 97.0 Å². The number of carbonyl (C=O) groups is 1. The Hall–Kier alpha value is -1.40. The van der Waals surface area contributed by atoms with E-state index in [9.17, 15) is 4.79 Å². The molecular formula is C13H18N2O. The van der Waals surface area contributed by atoms with E-state index in [1.165, 1.54) is 0 Å². The Balaban J connectivity index is 2.42. The van der Waals surface area contributed by atoms with Gasteiger partial charge < -0.3 is 5.32 Å². The minimum atomic E-state index is 0.148. The van der Waals surface area contributed by atoms with Crippen LogP contribution in [0.3, 0.4) is 0 Å². The second kappa shape index (κ2) is 7.84. The van der Waals surface area contributed by atoms with Crippen LogP contribution >= 0.6 is 0 Å². The number of rotatable bonds is 4. The maximum absolute atomic E-state index is 10.8. The van der Waals surface area contributed by atoms with E-state index in [2.05, 4.69) is 28.2 Å². The van der Waals surface area contributed by atoms with Crippen molar-refractivity contribution in [3.8, 4) is 11.8 Å². The van der Waals surface area contributed by atoms with Gasteiger partial charge in [-0.25, -0.2) is 0 Å². The molecule has 1 rings (SSSR count). The van der Waals surface area contributed by atoms with Crippen molar-refractivity contribution < 1.29 is 4.79 Å². The quantitative estimate of drug-likeness (QED) is 0.730. The molecule has 0 fully saturated rings. The van der Waals surface area contributed by atoms with Gasteiger partial charge in [-0.15, -0.1) is 11.8 Å². The standard InChI is InChI=1S/C13H18N2O/c1-12(16)10-14-11-13-8-6-4-2-3-5-7-9-15-13/h8-9,14H,4-7,10-11H2,1H3. The number of Topliss-reactive ketones (excluding diaryl/α,β-unsaturated/α-hetero) is 1. The van der Waals surface area contributed by atoms with E-state index in [1.54, 1.807) is 6.92 Å². The molecule has 0 unspecified atom stereocenters. The van der Waals surface area contributed by atoms with Crippen molar-refractivity contribution >= 4 is 12.0 Å². The number of allylic oxidation sites excluding steroid dienone is 1. The van der Waals surface area contributed by atoms with Crippen LogP contribution in [0.2, 0.25) is 0 Å². The van der Waals surface area contributed by atoms with Crippen LogP contribution in [0.25, 0.3) is 0 Å². The number of ketones is 1. The van der Waals surface area contributed by atoms with Crippen molar-refractivity contribution in [1.29, 1.82) is 0 Å². The number of nitrogens with zero attached hydrogens (tertiary/aromatic N) is 1. The highest BCUT2D eigenvalue weighted by Crippen LogP contribution is 2.01. The zero-order chi connectivity index (χ0) is 11.6. The molecular weight excluding hydrogens is 200 g/mol. The maximum atomic E-state index is 10.8. The summed E-state index contributed by atoms with van der Waals surface area (Å²) in [5.74, 6) is 6.36. The van der Waals surface area contributed by atoms with Crippen LogP contribution < -0.4 is 5.32 Å². The SMILES string of the molecule is CC(=O)CNCC1=CCCC#CCCC=N1. The highest BCUT2D eigenvalue weighted by molar-refractivity contribution is 5.77. The van der Waals surface area contributed by atoms with Gasteiger partial charge in [-0.1, -0.05) is 6.08 Å². The normalized spacial score (nSPS) is 15.9. The molecule has 0 amide bonds. The van der Waals surface area contributed by atoms with Gasteiger partial charge in [0.05, 0.1) is 6.54 Å². The van der Waals surface area contributed by atoms with E-state index >= 15 is 0 Å². The molecule has 0 saturated heterocycles. The zero-order valence-corrected chi connectivity index (χ0v) is 9.75. The molecule has 0 bridgehead atoms. The van der Waals surface area contributed by atoms with Crippen molar-refractivity contribution in [1.82, 2.24) is 5.32 Å². The molecule has 0 saturated carbocycles. The molecule has 1 aliphatic heterocycles. The van der Waals surface area contributed by atoms with E-state index in [0.717, 1.165) is 31.4 Å². The third kappa shape index (κ3) is 6.15. The molecule has 1 aliphatic rings. The van der Waals surface area contributed by atoms with E-state index in [4.69, 9.17) is 0 Å². The molecule has 3 heteroatoms. The van der Waals surface area contributed by atoms with Crippen LogP contribution in [0, 0.1) is 11.8 Å². The molecule has 3 nitrogen and oxygen atoms in total. The van der Waals surface area contributed by atoms with Crippen molar-refractivity contribution in [3.63, 3.8) is 0 Å². The van der Waals surface area contributed by atoms with Crippen LogP contribution in [0.4, 0.5) is 0 Å². The third-order valence-corrected chi connectivity index (χ3v) is 2.11. The summed E-state index contributed by atoms with van der Waals surface area (Å²) >= 11 is 0. The zero-order valence-electron chi connectivity index (χ0n) is 9.75. The van der Waals surface area contributed by atoms with Gasteiger partial charge in [0.1, 0.15) is 5.78 Å². The summed E-state index contributed by atoms with van der Waals surface area (Å²) in [6.07, 6.45) is 7.60. The Morgan fingerprint density at radius 3 is 2.94 bits per heavy atom. The summed E-state index contributed by atoms with van der Waals surface area (Å²) in [6, 6.07) is 0. The Morgan fingerprint density at radius 1 is 1.44 bits per heavy atom. The molecule has 1 heterocycles. The minimum absolute atomic E-state index is 0.148. The first-order chi connectivity index (χ1) is 7.79. The van der Waals surface area contributed by atoms with Gasteiger partial charge in [-0.05, 0) is 19.8 Å². The van der Waals surface area contributed by atoms with Gasteiger partial charge in [0, 0.05) is 31.3 Å². The van der Waals surface area contributed by atoms with Crippen molar-refractivity contribution in [2.24, 2.45) is 4.99 Å². The molecule has 0 spiro atoms. The van der Waals surface area contributed by atoms with Crippen LogP contribution in [0.1, 0.15) is 32.6 Å². The minimum Gasteiger partial charge on any atom is -0.304 e.